The number of carbonyl (C=O) groups is 1. The van der Waals surface area contributed by atoms with Gasteiger partial charge in [0.2, 0.25) is 0 Å². The zero-order valence-electron chi connectivity index (χ0n) is 21.0. The van der Waals surface area contributed by atoms with Crippen LogP contribution in [0.3, 0.4) is 0 Å². The Labute approximate surface area is 209 Å². The molecule has 0 saturated carbocycles. The second-order valence-electron chi connectivity index (χ2n) is 8.45. The van der Waals surface area contributed by atoms with Gasteiger partial charge < -0.3 is 14.2 Å². The molecule has 0 radical (unpaired) electrons. The first-order valence-corrected chi connectivity index (χ1v) is 12.4. The number of hydrogen-bond acceptors (Lipinski definition) is 4. The number of benzene rings is 3. The summed E-state index contributed by atoms with van der Waals surface area (Å²) in [5.74, 6) is 0.484. The van der Waals surface area contributed by atoms with E-state index in [4.69, 9.17) is 14.2 Å². The third kappa shape index (κ3) is 8.41. The lowest BCUT2D eigenvalue weighted by molar-refractivity contribution is -0.156. The molecule has 0 saturated heterocycles. The molecule has 0 aromatic heterocycles. The summed E-state index contributed by atoms with van der Waals surface area (Å²) < 4.78 is 16.9. The van der Waals surface area contributed by atoms with Crippen molar-refractivity contribution < 1.29 is 19.0 Å². The van der Waals surface area contributed by atoms with Gasteiger partial charge in [-0.1, -0.05) is 80.1 Å². The van der Waals surface area contributed by atoms with Gasteiger partial charge in [-0.05, 0) is 66.3 Å². The van der Waals surface area contributed by atoms with E-state index in [9.17, 15) is 4.79 Å². The summed E-state index contributed by atoms with van der Waals surface area (Å²) in [5, 5.41) is 0. The summed E-state index contributed by atoms with van der Waals surface area (Å²) in [6.07, 6.45) is 3.94. The van der Waals surface area contributed by atoms with E-state index in [2.05, 4.69) is 68.5 Å². The fourth-order valence-corrected chi connectivity index (χ4v) is 3.69. The Morgan fingerprint density at radius 2 is 1.57 bits per heavy atom. The van der Waals surface area contributed by atoms with Gasteiger partial charge in [-0.2, -0.15) is 0 Å². The second-order valence-corrected chi connectivity index (χ2v) is 8.45. The largest absolute Gasteiger partial charge is 0.490 e. The van der Waals surface area contributed by atoms with E-state index in [1.807, 2.05) is 37.3 Å². The Bertz CT molecular complexity index is 1050. The summed E-state index contributed by atoms with van der Waals surface area (Å²) in [4.78, 5) is 12.2. The molecule has 0 aliphatic heterocycles. The normalized spacial score (nSPS) is 12.3. The summed E-state index contributed by atoms with van der Waals surface area (Å²) >= 11 is 0. The molecule has 3 rings (SSSR count). The van der Waals surface area contributed by atoms with Crippen molar-refractivity contribution in [3.63, 3.8) is 0 Å². The Hall–Kier alpha value is -3.37. The fraction of sp³-hybridized carbons (Fsp3) is 0.323. The number of esters is 1. The minimum atomic E-state index is -0.577. The Kier molecular flexibility index (Phi) is 10.6. The van der Waals surface area contributed by atoms with Crippen molar-refractivity contribution in [2.45, 2.75) is 46.1 Å². The Morgan fingerprint density at radius 3 is 2.23 bits per heavy atom. The van der Waals surface area contributed by atoms with Crippen molar-refractivity contribution >= 4 is 11.5 Å². The Balaban J connectivity index is 1.53. The Morgan fingerprint density at radius 1 is 0.886 bits per heavy atom. The molecule has 0 aliphatic carbocycles. The summed E-state index contributed by atoms with van der Waals surface area (Å²) in [6, 6.07) is 26.8. The minimum Gasteiger partial charge on any atom is -0.490 e. The highest BCUT2D eigenvalue weighted by molar-refractivity contribution is 5.75. The van der Waals surface area contributed by atoms with Crippen LogP contribution in [0.5, 0.6) is 5.75 Å². The molecule has 0 amide bonds. The molecular weight excluding hydrogens is 436 g/mol. The molecular formula is C31H36O4. The average molecular weight is 473 g/mol. The van der Waals surface area contributed by atoms with Gasteiger partial charge in [-0.15, -0.1) is 0 Å². The third-order valence-corrected chi connectivity index (χ3v) is 5.80. The van der Waals surface area contributed by atoms with E-state index >= 15 is 0 Å². The molecule has 1 atom stereocenters. The lowest BCUT2D eigenvalue weighted by Gasteiger charge is -2.16. The van der Waals surface area contributed by atoms with Gasteiger partial charge in [0.05, 0.1) is 6.61 Å². The highest BCUT2D eigenvalue weighted by Crippen LogP contribution is 2.22. The van der Waals surface area contributed by atoms with Crippen molar-refractivity contribution in [2.24, 2.45) is 0 Å². The van der Waals surface area contributed by atoms with Gasteiger partial charge in [0.15, 0.2) is 6.10 Å². The van der Waals surface area contributed by atoms with Crippen LogP contribution in [0, 0.1) is 0 Å². The predicted molar refractivity (Wildman–Crippen MR) is 142 cm³/mol. The van der Waals surface area contributed by atoms with E-state index in [0.717, 1.165) is 24.2 Å². The van der Waals surface area contributed by atoms with Crippen molar-refractivity contribution in [1.29, 1.82) is 0 Å². The minimum absolute atomic E-state index is 0.304. The van der Waals surface area contributed by atoms with Gasteiger partial charge in [0.25, 0.3) is 0 Å². The summed E-state index contributed by atoms with van der Waals surface area (Å²) in [6.45, 7) is 7.39. The first-order valence-electron chi connectivity index (χ1n) is 12.4. The van der Waals surface area contributed by atoms with Crippen LogP contribution in [0.1, 0.15) is 44.7 Å². The van der Waals surface area contributed by atoms with Crippen molar-refractivity contribution in [3.8, 4) is 16.9 Å². The van der Waals surface area contributed by atoms with Crippen LogP contribution in [0.15, 0.2) is 84.9 Å². The molecule has 0 bridgehead atoms. The number of ether oxygens (including phenoxy) is 3. The monoisotopic (exact) mass is 472 g/mol. The van der Waals surface area contributed by atoms with Gasteiger partial charge in [-0.25, -0.2) is 4.79 Å². The first kappa shape index (κ1) is 26.2. The van der Waals surface area contributed by atoms with Crippen molar-refractivity contribution in [1.82, 2.24) is 0 Å². The SMILES string of the molecule is CCCCO[C@@H](Cc1ccc(OCC=C(C)c2ccc(-c3ccccc3)cc2)cc1)C(=O)OCC. The molecule has 3 aromatic rings. The molecule has 0 unspecified atom stereocenters. The molecule has 3 aromatic carbocycles. The van der Waals surface area contributed by atoms with Gasteiger partial charge in [0, 0.05) is 13.0 Å². The topological polar surface area (TPSA) is 44.8 Å². The average Bonchev–Trinajstić information content (AvgIpc) is 2.90. The highest BCUT2D eigenvalue weighted by Gasteiger charge is 2.21. The number of unbranched alkanes of at least 4 members (excludes halogenated alkanes) is 1. The molecule has 0 spiro atoms. The molecule has 184 valence electrons. The maximum absolute atomic E-state index is 12.2. The van der Waals surface area contributed by atoms with Crippen LogP contribution in [-0.2, 0) is 20.7 Å². The van der Waals surface area contributed by atoms with Crippen molar-refractivity contribution in [3.05, 3.63) is 96.1 Å². The first-order chi connectivity index (χ1) is 17.1. The van der Waals surface area contributed by atoms with Crippen molar-refractivity contribution in [2.75, 3.05) is 19.8 Å². The van der Waals surface area contributed by atoms with Gasteiger partial charge in [-0.3, -0.25) is 0 Å². The zero-order valence-corrected chi connectivity index (χ0v) is 21.0. The molecule has 0 heterocycles. The van der Waals surface area contributed by atoms with Crippen LogP contribution >= 0.6 is 0 Å². The molecule has 0 N–H and O–H groups in total. The zero-order chi connectivity index (χ0) is 24.9. The molecule has 0 fully saturated rings. The predicted octanol–water partition coefficient (Wildman–Crippen LogP) is 7.13. The number of allylic oxidation sites excluding steroid dienone is 1. The fourth-order valence-electron chi connectivity index (χ4n) is 3.69. The maximum Gasteiger partial charge on any atom is 0.335 e. The van der Waals surface area contributed by atoms with Gasteiger partial charge >= 0.3 is 5.97 Å². The molecule has 4 heteroatoms. The highest BCUT2D eigenvalue weighted by atomic mass is 16.6. The molecule has 35 heavy (non-hydrogen) atoms. The quantitative estimate of drug-likeness (QED) is 0.196. The summed E-state index contributed by atoms with van der Waals surface area (Å²) in [5.41, 5.74) is 5.78. The molecule has 0 aliphatic rings. The van der Waals surface area contributed by atoms with Crippen LogP contribution < -0.4 is 4.74 Å². The summed E-state index contributed by atoms with van der Waals surface area (Å²) in [7, 11) is 0. The van der Waals surface area contributed by atoms with E-state index in [0.29, 0.717) is 26.2 Å². The van der Waals surface area contributed by atoms with Crippen LogP contribution in [-0.4, -0.2) is 31.9 Å². The number of carbonyl (C=O) groups excluding carboxylic acids is 1. The van der Waals surface area contributed by atoms with E-state index < -0.39 is 6.10 Å². The smallest absolute Gasteiger partial charge is 0.335 e. The van der Waals surface area contributed by atoms with E-state index in [-0.39, 0.29) is 5.97 Å². The third-order valence-electron chi connectivity index (χ3n) is 5.80. The molecule has 4 nitrogen and oxygen atoms in total. The van der Waals surface area contributed by atoms with E-state index in [1.165, 1.54) is 22.3 Å². The lowest BCUT2D eigenvalue weighted by atomic mass is 10.0. The second kappa shape index (κ2) is 14.1. The number of hydrogen-bond donors (Lipinski definition) is 0. The van der Waals surface area contributed by atoms with Crippen LogP contribution in [0.4, 0.5) is 0 Å². The van der Waals surface area contributed by atoms with E-state index in [1.54, 1.807) is 0 Å². The maximum atomic E-state index is 12.2. The standard InChI is InChI=1S/C31H36O4/c1-4-6-21-35-30(31(32)33-5-2)23-25-12-18-29(19-13-25)34-22-20-24(3)26-14-16-28(17-15-26)27-10-8-7-9-11-27/h7-20,30H,4-6,21-23H2,1-3H3/t30-/m0/s1. The lowest BCUT2D eigenvalue weighted by Crippen LogP contribution is -2.29. The van der Waals surface area contributed by atoms with Crippen LogP contribution in [0.2, 0.25) is 0 Å². The van der Waals surface area contributed by atoms with Crippen LogP contribution in [0.25, 0.3) is 16.7 Å². The van der Waals surface area contributed by atoms with Gasteiger partial charge in [0.1, 0.15) is 12.4 Å². The number of rotatable bonds is 13.